The van der Waals surface area contributed by atoms with Gasteiger partial charge in [-0.3, -0.25) is 9.78 Å². The maximum absolute atomic E-state index is 12.1. The van der Waals surface area contributed by atoms with Crippen LogP contribution in [-0.2, 0) is 13.0 Å². The van der Waals surface area contributed by atoms with E-state index < -0.39 is 0 Å². The Bertz CT molecular complexity index is 628. The first kappa shape index (κ1) is 14.3. The zero-order valence-corrected chi connectivity index (χ0v) is 11.9. The average Bonchev–Trinajstić information content (AvgIpc) is 2.45. The number of nitrogens with one attached hydrogen (secondary N) is 1. The van der Waals surface area contributed by atoms with Gasteiger partial charge in [-0.15, -0.1) is 0 Å². The lowest BCUT2D eigenvalue weighted by molar-refractivity contribution is 0.0950. The molecule has 5 heteroatoms. The molecule has 1 amide bonds. The molecule has 0 spiro atoms. The van der Waals surface area contributed by atoms with E-state index in [0.717, 1.165) is 17.7 Å². The van der Waals surface area contributed by atoms with Gasteiger partial charge in [0.05, 0.1) is 22.8 Å². The zero-order chi connectivity index (χ0) is 14.5. The highest BCUT2D eigenvalue weighted by Crippen LogP contribution is 2.19. The molecule has 0 aliphatic heterocycles. The van der Waals surface area contributed by atoms with Crippen molar-refractivity contribution in [2.24, 2.45) is 0 Å². The Kier molecular flexibility index (Phi) is 4.58. The number of rotatable bonds is 4. The van der Waals surface area contributed by atoms with Gasteiger partial charge in [0.1, 0.15) is 0 Å². The number of nitrogens with two attached hydrogens (primary N) is 1. The lowest BCUT2D eigenvalue weighted by Gasteiger charge is -2.09. The molecule has 1 aromatic carbocycles. The molecular formula is C15H16ClN3O. The highest BCUT2D eigenvalue weighted by atomic mass is 35.5. The number of aromatic nitrogens is 1. The minimum absolute atomic E-state index is 0.234. The predicted octanol–water partition coefficient (Wildman–Crippen LogP) is 2.81. The summed E-state index contributed by atoms with van der Waals surface area (Å²) in [7, 11) is 0. The fourth-order valence-electron chi connectivity index (χ4n) is 1.93. The second-order valence-corrected chi connectivity index (χ2v) is 4.79. The summed E-state index contributed by atoms with van der Waals surface area (Å²) >= 11 is 6.01. The van der Waals surface area contributed by atoms with E-state index in [1.807, 2.05) is 12.1 Å². The molecule has 3 N–H and O–H groups in total. The topological polar surface area (TPSA) is 68.0 Å². The number of halogens is 1. The van der Waals surface area contributed by atoms with E-state index in [2.05, 4.69) is 17.2 Å². The monoisotopic (exact) mass is 289 g/mol. The number of nitrogens with zero attached hydrogens (tertiary/aromatic N) is 1. The molecule has 20 heavy (non-hydrogen) atoms. The quantitative estimate of drug-likeness (QED) is 0.851. The third-order valence-electron chi connectivity index (χ3n) is 3.02. The van der Waals surface area contributed by atoms with Crippen LogP contribution in [0, 0.1) is 0 Å². The summed E-state index contributed by atoms with van der Waals surface area (Å²) in [6.45, 7) is 2.43. The summed E-state index contributed by atoms with van der Waals surface area (Å²) in [5, 5.41) is 3.17. The van der Waals surface area contributed by atoms with Crippen molar-refractivity contribution in [3.8, 4) is 0 Å². The third-order valence-corrected chi connectivity index (χ3v) is 3.33. The standard InChI is InChI=1S/C15H16ClN3O/c1-2-10-4-3-7-18-14(10)9-19-15(20)12-6-5-11(17)8-13(12)16/h3-8H,2,9,17H2,1H3,(H,19,20). The second kappa shape index (κ2) is 6.39. The van der Waals surface area contributed by atoms with Crippen LogP contribution in [0.5, 0.6) is 0 Å². The van der Waals surface area contributed by atoms with Gasteiger partial charge in [0.2, 0.25) is 0 Å². The lowest BCUT2D eigenvalue weighted by Crippen LogP contribution is -2.24. The van der Waals surface area contributed by atoms with Gasteiger partial charge in [0.15, 0.2) is 0 Å². The van der Waals surface area contributed by atoms with Crippen molar-refractivity contribution >= 4 is 23.2 Å². The van der Waals surface area contributed by atoms with Gasteiger partial charge in [0.25, 0.3) is 5.91 Å². The van der Waals surface area contributed by atoms with E-state index in [1.54, 1.807) is 24.4 Å². The van der Waals surface area contributed by atoms with Crippen molar-refractivity contribution in [3.05, 3.63) is 58.4 Å². The number of nitrogen functional groups attached to an aromatic ring is 1. The Morgan fingerprint density at radius 1 is 1.40 bits per heavy atom. The number of carbonyl (C=O) groups is 1. The van der Waals surface area contributed by atoms with Crippen LogP contribution in [0.25, 0.3) is 0 Å². The molecule has 2 rings (SSSR count). The van der Waals surface area contributed by atoms with Crippen molar-refractivity contribution in [2.45, 2.75) is 19.9 Å². The number of hydrogen-bond acceptors (Lipinski definition) is 3. The number of pyridine rings is 1. The summed E-state index contributed by atoms with van der Waals surface area (Å²) in [5.41, 5.74) is 8.54. The molecule has 1 aromatic heterocycles. The molecule has 1 heterocycles. The fourth-order valence-corrected chi connectivity index (χ4v) is 2.20. The number of aryl methyl sites for hydroxylation is 1. The number of carbonyl (C=O) groups excluding carboxylic acids is 1. The molecule has 2 aromatic rings. The normalized spacial score (nSPS) is 10.3. The first-order valence-electron chi connectivity index (χ1n) is 6.37. The lowest BCUT2D eigenvalue weighted by atomic mass is 10.1. The highest BCUT2D eigenvalue weighted by molar-refractivity contribution is 6.34. The molecule has 0 radical (unpaired) electrons. The molecule has 0 aliphatic carbocycles. The smallest absolute Gasteiger partial charge is 0.253 e. The van der Waals surface area contributed by atoms with Gasteiger partial charge < -0.3 is 11.1 Å². The molecule has 0 saturated heterocycles. The van der Waals surface area contributed by atoms with Gasteiger partial charge in [0, 0.05) is 11.9 Å². The Morgan fingerprint density at radius 2 is 2.20 bits per heavy atom. The van der Waals surface area contributed by atoms with Crippen molar-refractivity contribution in [1.29, 1.82) is 0 Å². The molecule has 0 saturated carbocycles. The van der Waals surface area contributed by atoms with Crippen LogP contribution >= 0.6 is 11.6 Å². The number of benzene rings is 1. The van der Waals surface area contributed by atoms with Crippen LogP contribution in [0.3, 0.4) is 0 Å². The van der Waals surface area contributed by atoms with E-state index in [4.69, 9.17) is 17.3 Å². The maximum atomic E-state index is 12.1. The summed E-state index contributed by atoms with van der Waals surface area (Å²) in [6, 6.07) is 8.73. The van der Waals surface area contributed by atoms with Gasteiger partial charge in [-0.25, -0.2) is 0 Å². The minimum Gasteiger partial charge on any atom is -0.399 e. The first-order valence-corrected chi connectivity index (χ1v) is 6.75. The van der Waals surface area contributed by atoms with Crippen molar-refractivity contribution in [2.75, 3.05) is 5.73 Å². The van der Waals surface area contributed by atoms with Gasteiger partial charge >= 0.3 is 0 Å². The predicted molar refractivity (Wildman–Crippen MR) is 80.6 cm³/mol. The van der Waals surface area contributed by atoms with Gasteiger partial charge in [-0.05, 0) is 36.2 Å². The Labute approximate surface area is 123 Å². The number of amides is 1. The SMILES string of the molecule is CCc1cccnc1CNC(=O)c1ccc(N)cc1Cl. The van der Waals surface area contributed by atoms with Crippen molar-refractivity contribution in [1.82, 2.24) is 10.3 Å². The maximum Gasteiger partial charge on any atom is 0.253 e. The minimum atomic E-state index is -0.234. The van der Waals surface area contributed by atoms with Crippen molar-refractivity contribution < 1.29 is 4.79 Å². The van der Waals surface area contributed by atoms with Crippen LogP contribution in [0.4, 0.5) is 5.69 Å². The summed E-state index contributed by atoms with van der Waals surface area (Å²) in [6.07, 6.45) is 2.60. The Hall–Kier alpha value is -2.07. The number of anilines is 1. The van der Waals surface area contributed by atoms with Crippen LogP contribution in [-0.4, -0.2) is 10.9 Å². The van der Waals surface area contributed by atoms with E-state index >= 15 is 0 Å². The molecule has 0 bridgehead atoms. The zero-order valence-electron chi connectivity index (χ0n) is 11.2. The molecule has 0 atom stereocenters. The summed E-state index contributed by atoms with van der Waals surface area (Å²) < 4.78 is 0. The van der Waals surface area contributed by atoms with Crippen LogP contribution in [0.1, 0.15) is 28.5 Å². The van der Waals surface area contributed by atoms with E-state index in [0.29, 0.717) is 22.8 Å². The third kappa shape index (κ3) is 3.27. The Morgan fingerprint density at radius 3 is 2.90 bits per heavy atom. The molecule has 4 nitrogen and oxygen atoms in total. The van der Waals surface area contributed by atoms with Gasteiger partial charge in [-0.2, -0.15) is 0 Å². The van der Waals surface area contributed by atoms with E-state index in [1.165, 1.54) is 0 Å². The first-order chi connectivity index (χ1) is 9.61. The Balaban J connectivity index is 2.09. The van der Waals surface area contributed by atoms with Crippen LogP contribution < -0.4 is 11.1 Å². The molecular weight excluding hydrogens is 274 g/mol. The van der Waals surface area contributed by atoms with Crippen molar-refractivity contribution in [3.63, 3.8) is 0 Å². The highest BCUT2D eigenvalue weighted by Gasteiger charge is 2.11. The number of hydrogen-bond donors (Lipinski definition) is 2. The molecule has 0 unspecified atom stereocenters. The summed E-state index contributed by atoms with van der Waals surface area (Å²) in [4.78, 5) is 16.4. The average molecular weight is 290 g/mol. The molecule has 0 fully saturated rings. The van der Waals surface area contributed by atoms with Crippen LogP contribution in [0.2, 0.25) is 5.02 Å². The molecule has 0 aliphatic rings. The summed E-state index contributed by atoms with van der Waals surface area (Å²) in [5.74, 6) is -0.234. The van der Waals surface area contributed by atoms with Crippen LogP contribution in [0.15, 0.2) is 36.5 Å². The second-order valence-electron chi connectivity index (χ2n) is 4.38. The van der Waals surface area contributed by atoms with Gasteiger partial charge in [-0.1, -0.05) is 24.6 Å². The largest absolute Gasteiger partial charge is 0.399 e. The fraction of sp³-hybridized carbons (Fsp3) is 0.200. The van der Waals surface area contributed by atoms with E-state index in [-0.39, 0.29) is 5.91 Å². The molecule has 104 valence electrons. The van der Waals surface area contributed by atoms with E-state index in [9.17, 15) is 4.79 Å².